The first kappa shape index (κ1) is 39.0. The van der Waals surface area contributed by atoms with Gasteiger partial charge in [-0.15, -0.1) is 11.3 Å². The summed E-state index contributed by atoms with van der Waals surface area (Å²) in [5, 5.41) is 10.4. The molecule has 13 aromatic rings. The second kappa shape index (κ2) is 16.3. The van der Waals surface area contributed by atoms with Gasteiger partial charge in [0.05, 0.1) is 0 Å². The zero-order chi connectivity index (χ0) is 44.3. The van der Waals surface area contributed by atoms with Crippen molar-refractivity contribution in [3.05, 3.63) is 255 Å². The van der Waals surface area contributed by atoms with Crippen molar-refractivity contribution in [3.8, 4) is 77.9 Å². The highest BCUT2D eigenvalue weighted by Crippen LogP contribution is 2.42. The minimum absolute atomic E-state index is 1.19. The van der Waals surface area contributed by atoms with E-state index in [4.69, 9.17) is 0 Å². The third-order valence-corrected chi connectivity index (χ3v) is 14.8. The molecule has 0 aliphatic heterocycles. The minimum Gasteiger partial charge on any atom is -0.135 e. The first-order chi connectivity index (χ1) is 33.2. The molecular formula is C66H42S. The summed E-state index contributed by atoms with van der Waals surface area (Å²) in [7, 11) is 0. The largest absolute Gasteiger partial charge is 0.135 e. The predicted molar refractivity (Wildman–Crippen MR) is 290 cm³/mol. The van der Waals surface area contributed by atoms with Crippen molar-refractivity contribution < 1.29 is 0 Å². The lowest BCUT2D eigenvalue weighted by Gasteiger charge is -2.14. The Labute approximate surface area is 394 Å². The molecule has 0 unspecified atom stereocenters. The van der Waals surface area contributed by atoms with E-state index in [9.17, 15) is 0 Å². The number of rotatable bonds is 7. The minimum atomic E-state index is 1.19. The first-order valence-electron chi connectivity index (χ1n) is 23.1. The number of hydrogen-bond donors (Lipinski definition) is 0. The highest BCUT2D eigenvalue weighted by atomic mass is 32.1. The third-order valence-electron chi connectivity index (χ3n) is 13.6. The molecule has 0 bridgehead atoms. The van der Waals surface area contributed by atoms with E-state index in [-0.39, 0.29) is 0 Å². The average Bonchev–Trinajstić information content (AvgIpc) is 3.80. The molecule has 1 heteroatoms. The van der Waals surface area contributed by atoms with E-state index in [2.05, 4.69) is 255 Å². The van der Waals surface area contributed by atoms with Crippen molar-refractivity contribution in [3.63, 3.8) is 0 Å². The van der Waals surface area contributed by atoms with Gasteiger partial charge in [0.2, 0.25) is 0 Å². The summed E-state index contributed by atoms with van der Waals surface area (Å²) in [4.78, 5) is 0. The molecule has 0 aliphatic carbocycles. The molecule has 0 nitrogen and oxygen atoms in total. The van der Waals surface area contributed by atoms with Gasteiger partial charge in [0.25, 0.3) is 0 Å². The second-order valence-electron chi connectivity index (χ2n) is 17.6. The topological polar surface area (TPSA) is 0 Å². The number of thiophene rings is 1. The van der Waals surface area contributed by atoms with Crippen LogP contribution in [0.1, 0.15) is 0 Å². The maximum Gasteiger partial charge on any atom is 0.0433 e. The van der Waals surface area contributed by atoms with Crippen LogP contribution >= 0.6 is 11.3 Å². The van der Waals surface area contributed by atoms with Crippen molar-refractivity contribution in [2.45, 2.75) is 0 Å². The van der Waals surface area contributed by atoms with Crippen LogP contribution in [0.4, 0.5) is 0 Å². The summed E-state index contributed by atoms with van der Waals surface area (Å²) in [6.07, 6.45) is 0. The summed E-state index contributed by atoms with van der Waals surface area (Å²) in [5.74, 6) is 0. The Morgan fingerprint density at radius 3 is 1.07 bits per heavy atom. The van der Waals surface area contributed by atoms with Gasteiger partial charge in [-0.3, -0.25) is 0 Å². The van der Waals surface area contributed by atoms with Crippen molar-refractivity contribution >= 4 is 63.8 Å². The Hall–Kier alpha value is -8.36. The molecule has 0 amide bonds. The zero-order valence-corrected chi connectivity index (χ0v) is 37.5. The van der Waals surface area contributed by atoms with Crippen LogP contribution in [-0.2, 0) is 0 Å². The van der Waals surface area contributed by atoms with Crippen molar-refractivity contribution in [2.75, 3.05) is 0 Å². The van der Waals surface area contributed by atoms with E-state index in [1.807, 2.05) is 11.3 Å². The fraction of sp³-hybridized carbons (Fsp3) is 0. The van der Waals surface area contributed by atoms with Crippen molar-refractivity contribution in [1.29, 1.82) is 0 Å². The van der Waals surface area contributed by atoms with E-state index in [0.717, 1.165) is 0 Å². The van der Waals surface area contributed by atoms with Gasteiger partial charge in [0.15, 0.2) is 0 Å². The molecule has 1 aromatic heterocycles. The van der Waals surface area contributed by atoms with Crippen LogP contribution < -0.4 is 0 Å². The Kier molecular flexibility index (Phi) is 9.48. The molecule has 0 radical (unpaired) electrons. The van der Waals surface area contributed by atoms with E-state index < -0.39 is 0 Å². The van der Waals surface area contributed by atoms with Gasteiger partial charge >= 0.3 is 0 Å². The molecule has 0 saturated heterocycles. The Morgan fingerprint density at radius 1 is 0.179 bits per heavy atom. The molecule has 0 aliphatic rings. The smallest absolute Gasteiger partial charge is 0.0433 e. The van der Waals surface area contributed by atoms with Crippen LogP contribution in [0.25, 0.3) is 130 Å². The summed E-state index contributed by atoms with van der Waals surface area (Å²) in [5.41, 5.74) is 16.9. The molecular weight excluding hydrogens is 825 g/mol. The average molecular weight is 867 g/mol. The molecule has 312 valence electrons. The SMILES string of the molecule is c1ccc(-c2cc(-c3cccc(-c4cccc(-c5cccc(-c6cccc7c6sc6ccccc67)c5)c4)c3)cc(-c3cccc(-c4ccc5c6ccccc6c6ccccc6c5c4)c3)c2)cc1. The van der Waals surface area contributed by atoms with Gasteiger partial charge in [-0.2, -0.15) is 0 Å². The fourth-order valence-electron chi connectivity index (χ4n) is 10.3. The lowest BCUT2D eigenvalue weighted by molar-refractivity contribution is 1.55. The fourth-order valence-corrected chi connectivity index (χ4v) is 11.6. The van der Waals surface area contributed by atoms with E-state index in [1.165, 1.54) is 130 Å². The lowest BCUT2D eigenvalue weighted by Crippen LogP contribution is -1.88. The Balaban J connectivity index is 0.869. The maximum absolute atomic E-state index is 2.39. The number of fused-ring (bicyclic) bond motifs is 9. The highest BCUT2D eigenvalue weighted by molar-refractivity contribution is 7.26. The number of hydrogen-bond acceptors (Lipinski definition) is 1. The Bertz CT molecular complexity index is 4000. The van der Waals surface area contributed by atoms with Crippen LogP contribution in [0.5, 0.6) is 0 Å². The molecule has 12 aromatic carbocycles. The van der Waals surface area contributed by atoms with Crippen molar-refractivity contribution in [1.82, 2.24) is 0 Å². The van der Waals surface area contributed by atoms with Gasteiger partial charge in [0, 0.05) is 20.2 Å². The van der Waals surface area contributed by atoms with Gasteiger partial charge < -0.3 is 0 Å². The lowest BCUT2D eigenvalue weighted by atomic mass is 9.90. The summed E-state index contributed by atoms with van der Waals surface area (Å²) in [6.45, 7) is 0. The van der Waals surface area contributed by atoms with Gasteiger partial charge in [0.1, 0.15) is 0 Å². The molecule has 13 rings (SSSR count). The van der Waals surface area contributed by atoms with Gasteiger partial charge in [-0.1, -0.05) is 200 Å². The van der Waals surface area contributed by atoms with E-state index in [1.54, 1.807) is 0 Å². The van der Waals surface area contributed by atoms with E-state index in [0.29, 0.717) is 0 Å². The summed E-state index contributed by atoms with van der Waals surface area (Å²) >= 11 is 1.88. The van der Waals surface area contributed by atoms with Crippen molar-refractivity contribution in [2.24, 2.45) is 0 Å². The van der Waals surface area contributed by atoms with E-state index >= 15 is 0 Å². The number of benzene rings is 12. The first-order valence-corrected chi connectivity index (χ1v) is 23.9. The molecule has 67 heavy (non-hydrogen) atoms. The zero-order valence-electron chi connectivity index (χ0n) is 36.7. The second-order valence-corrected chi connectivity index (χ2v) is 18.7. The van der Waals surface area contributed by atoms with Crippen LogP contribution in [0.2, 0.25) is 0 Å². The maximum atomic E-state index is 2.39. The summed E-state index contributed by atoms with van der Waals surface area (Å²) in [6, 6.07) is 94.0. The monoisotopic (exact) mass is 866 g/mol. The molecule has 1 heterocycles. The molecule has 0 fully saturated rings. The molecule has 0 N–H and O–H groups in total. The highest BCUT2D eigenvalue weighted by Gasteiger charge is 2.15. The Morgan fingerprint density at radius 2 is 0.522 bits per heavy atom. The van der Waals surface area contributed by atoms with Gasteiger partial charge in [-0.05, 0) is 165 Å². The molecule has 0 saturated carbocycles. The summed E-state index contributed by atoms with van der Waals surface area (Å²) < 4.78 is 2.67. The predicted octanol–water partition coefficient (Wildman–Crippen LogP) is 19.2. The third kappa shape index (κ3) is 7.00. The van der Waals surface area contributed by atoms with Gasteiger partial charge in [-0.25, -0.2) is 0 Å². The van der Waals surface area contributed by atoms with Crippen LogP contribution in [0.3, 0.4) is 0 Å². The van der Waals surface area contributed by atoms with Crippen LogP contribution in [0.15, 0.2) is 255 Å². The van der Waals surface area contributed by atoms with Crippen LogP contribution in [0, 0.1) is 0 Å². The quantitative estimate of drug-likeness (QED) is 0.140. The molecule has 0 atom stereocenters. The normalized spacial score (nSPS) is 11.6. The van der Waals surface area contributed by atoms with Crippen LogP contribution in [-0.4, -0.2) is 0 Å². The molecule has 0 spiro atoms. The standard InChI is InChI=1S/C66H42S/c1-2-15-43(16-3-1)53-39-54(41-55(40-53)50-23-12-20-47(37-50)51-33-34-61-59-27-5-4-25-57(59)58-26-6-7-28-60(58)64(61)42-51)49-22-11-19-46(36-49)44-17-10-18-45(35-44)48-21-13-24-52(38-48)56-30-14-31-63-62-29-8-9-32-65(62)67-66(56)63/h1-42H.